The van der Waals surface area contributed by atoms with Crippen molar-refractivity contribution in [2.45, 2.75) is 52.4 Å². The molecule has 0 fully saturated rings. The van der Waals surface area contributed by atoms with Crippen LogP contribution in [0.5, 0.6) is 0 Å². The van der Waals surface area contributed by atoms with Crippen LogP contribution in [0.25, 0.3) is 0 Å². The number of rotatable bonds is 4. The van der Waals surface area contributed by atoms with Crippen LogP contribution in [0.4, 0.5) is 0 Å². The summed E-state index contributed by atoms with van der Waals surface area (Å²) in [5.41, 5.74) is 3.95. The molecular weight excluding hydrogens is 308 g/mol. The van der Waals surface area contributed by atoms with Gasteiger partial charge in [-0.3, -0.25) is 4.79 Å². The molecule has 0 bridgehead atoms. The lowest BCUT2D eigenvalue weighted by atomic mass is 9.59. The van der Waals surface area contributed by atoms with E-state index in [1.165, 1.54) is 11.1 Å². The number of Topliss-reactive ketones (excluding diaryl/α,β-unsaturated/α-hetero) is 1. The van der Waals surface area contributed by atoms with Gasteiger partial charge in [0.15, 0.2) is 5.78 Å². The third kappa shape index (κ3) is 2.48. The van der Waals surface area contributed by atoms with Crippen LogP contribution in [0.3, 0.4) is 0 Å². The average molecular weight is 336 g/mol. The van der Waals surface area contributed by atoms with Crippen molar-refractivity contribution in [3.05, 3.63) is 58.6 Å². The van der Waals surface area contributed by atoms with Crippen LogP contribution < -0.4 is 5.32 Å². The lowest BCUT2D eigenvalue weighted by Crippen LogP contribution is -2.47. The molecule has 0 radical (unpaired) electrons. The van der Waals surface area contributed by atoms with Crippen LogP contribution in [-0.4, -0.2) is 12.5 Å². The van der Waals surface area contributed by atoms with E-state index in [1.807, 2.05) is 6.07 Å². The van der Waals surface area contributed by atoms with Crippen molar-refractivity contribution in [3.8, 4) is 0 Å². The number of benzene rings is 1. The fraction of sp³-hybridized carbons (Fsp3) is 0.455. The van der Waals surface area contributed by atoms with Gasteiger partial charge in [0, 0.05) is 22.6 Å². The molecule has 2 aliphatic rings. The molecule has 3 rings (SSSR count). The van der Waals surface area contributed by atoms with E-state index in [9.17, 15) is 4.79 Å². The fourth-order valence-electron chi connectivity index (χ4n) is 4.80. The van der Waals surface area contributed by atoms with E-state index in [-0.39, 0.29) is 11.7 Å². The van der Waals surface area contributed by atoms with Crippen molar-refractivity contribution in [2.24, 2.45) is 16.8 Å². The quantitative estimate of drug-likeness (QED) is 0.806. The molecule has 3 nitrogen and oxygen atoms in total. The average Bonchev–Trinajstić information content (AvgIpc) is 2.64. The zero-order chi connectivity index (χ0) is 18.2. The van der Waals surface area contributed by atoms with Crippen molar-refractivity contribution < 1.29 is 4.79 Å². The minimum Gasteiger partial charge on any atom is -0.343 e. The molecule has 0 spiro atoms. The van der Waals surface area contributed by atoms with E-state index >= 15 is 0 Å². The number of nitrogens with one attached hydrogen (secondary N) is 1. The first-order valence-corrected chi connectivity index (χ1v) is 9.32. The maximum absolute atomic E-state index is 13.3. The Labute approximate surface area is 150 Å². The van der Waals surface area contributed by atoms with Crippen LogP contribution in [-0.2, 0) is 10.2 Å². The van der Waals surface area contributed by atoms with E-state index < -0.39 is 5.41 Å². The van der Waals surface area contributed by atoms with Gasteiger partial charge in [-0.15, -0.1) is 0 Å². The Morgan fingerprint density at radius 3 is 2.44 bits per heavy atom. The predicted octanol–water partition coefficient (Wildman–Crippen LogP) is 4.76. The molecule has 1 aliphatic carbocycles. The largest absolute Gasteiger partial charge is 0.343 e. The monoisotopic (exact) mass is 336 g/mol. The van der Waals surface area contributed by atoms with E-state index in [4.69, 9.17) is 0 Å². The van der Waals surface area contributed by atoms with Gasteiger partial charge in [-0.2, -0.15) is 0 Å². The Morgan fingerprint density at radius 2 is 1.88 bits per heavy atom. The summed E-state index contributed by atoms with van der Waals surface area (Å²) in [6.45, 7) is 12.4. The highest BCUT2D eigenvalue weighted by Crippen LogP contribution is 2.52. The normalized spacial score (nSPS) is 29.4. The van der Waals surface area contributed by atoms with Crippen LogP contribution in [0.1, 0.15) is 52.5 Å². The Kier molecular flexibility index (Phi) is 4.68. The summed E-state index contributed by atoms with van der Waals surface area (Å²) in [4.78, 5) is 17.7. The minimum absolute atomic E-state index is 0.0570. The van der Waals surface area contributed by atoms with E-state index in [1.54, 1.807) is 0 Å². The van der Waals surface area contributed by atoms with Crippen molar-refractivity contribution in [1.29, 1.82) is 0 Å². The topological polar surface area (TPSA) is 41.5 Å². The van der Waals surface area contributed by atoms with Crippen molar-refractivity contribution in [3.63, 3.8) is 0 Å². The first kappa shape index (κ1) is 17.7. The van der Waals surface area contributed by atoms with Gasteiger partial charge in [0.25, 0.3) is 0 Å². The van der Waals surface area contributed by atoms with Crippen LogP contribution in [0.15, 0.2) is 58.0 Å². The highest BCUT2D eigenvalue weighted by atomic mass is 16.1. The van der Waals surface area contributed by atoms with Crippen LogP contribution >= 0.6 is 0 Å². The van der Waals surface area contributed by atoms with Crippen LogP contribution in [0, 0.1) is 11.8 Å². The SMILES string of the molecule is C=NC1=C(CC)C(CC)(c2ccccc2)C2=C(N1)C(C)CC(C)C2=O. The first-order chi connectivity index (χ1) is 12.0. The zero-order valence-electron chi connectivity index (χ0n) is 15.7. The van der Waals surface area contributed by atoms with Gasteiger partial charge in [-0.1, -0.05) is 58.0 Å². The van der Waals surface area contributed by atoms with Crippen LogP contribution in [0.2, 0.25) is 0 Å². The summed E-state index contributed by atoms with van der Waals surface area (Å²) in [6, 6.07) is 10.4. The molecular formula is C22H28N2O. The minimum atomic E-state index is -0.410. The van der Waals surface area contributed by atoms with Gasteiger partial charge < -0.3 is 5.32 Å². The zero-order valence-corrected chi connectivity index (χ0v) is 15.7. The van der Waals surface area contributed by atoms with Crippen molar-refractivity contribution in [2.75, 3.05) is 0 Å². The van der Waals surface area contributed by atoms with E-state index in [2.05, 4.69) is 69.0 Å². The third-order valence-corrected chi connectivity index (χ3v) is 5.95. The van der Waals surface area contributed by atoms with Gasteiger partial charge in [0.05, 0.1) is 0 Å². The molecule has 1 aliphatic heterocycles. The standard InChI is InChI=1S/C22H28N2O/c1-6-17-21(23-5)24-19-14(3)13-15(4)20(25)18(19)22(17,7-2)16-11-9-8-10-12-16/h8-12,14-15,24H,5-7,13H2,1-4H3. The Hall–Kier alpha value is -2.16. The third-order valence-electron chi connectivity index (χ3n) is 5.95. The van der Waals surface area contributed by atoms with Gasteiger partial charge in [0.2, 0.25) is 0 Å². The predicted molar refractivity (Wildman–Crippen MR) is 103 cm³/mol. The maximum atomic E-state index is 13.3. The van der Waals surface area contributed by atoms with Gasteiger partial charge in [0.1, 0.15) is 5.82 Å². The molecule has 3 atom stereocenters. The summed E-state index contributed by atoms with van der Waals surface area (Å²) in [7, 11) is 0. The Morgan fingerprint density at radius 1 is 1.20 bits per heavy atom. The van der Waals surface area contributed by atoms with E-state index in [0.29, 0.717) is 5.92 Å². The smallest absolute Gasteiger partial charge is 0.164 e. The molecule has 3 unspecified atom stereocenters. The highest BCUT2D eigenvalue weighted by molar-refractivity contribution is 6.02. The van der Waals surface area contributed by atoms with Gasteiger partial charge >= 0.3 is 0 Å². The van der Waals surface area contributed by atoms with Crippen molar-refractivity contribution in [1.82, 2.24) is 5.32 Å². The second-order valence-corrected chi connectivity index (χ2v) is 7.28. The molecule has 0 saturated carbocycles. The number of dihydropyridines is 1. The second kappa shape index (κ2) is 6.62. The number of carbonyl (C=O) groups excluding carboxylic acids is 1. The summed E-state index contributed by atoms with van der Waals surface area (Å²) in [6.07, 6.45) is 2.55. The molecule has 132 valence electrons. The summed E-state index contributed by atoms with van der Waals surface area (Å²) >= 11 is 0. The molecule has 0 saturated heterocycles. The molecule has 1 aromatic rings. The number of carbonyl (C=O) groups is 1. The molecule has 1 N–H and O–H groups in total. The number of ketones is 1. The number of hydrogen-bond donors (Lipinski definition) is 1. The number of nitrogens with zero attached hydrogens (tertiary/aromatic N) is 1. The van der Waals surface area contributed by atoms with E-state index in [0.717, 1.165) is 36.4 Å². The fourth-order valence-corrected chi connectivity index (χ4v) is 4.80. The van der Waals surface area contributed by atoms with Gasteiger partial charge in [-0.05, 0) is 43.0 Å². The number of hydrogen-bond acceptors (Lipinski definition) is 3. The Balaban J connectivity index is 2.38. The molecule has 1 heterocycles. The molecule has 0 aromatic heterocycles. The lowest BCUT2D eigenvalue weighted by Gasteiger charge is -2.47. The summed E-state index contributed by atoms with van der Waals surface area (Å²) in [5.74, 6) is 1.48. The second-order valence-electron chi connectivity index (χ2n) is 7.28. The van der Waals surface area contributed by atoms with Gasteiger partial charge in [-0.25, -0.2) is 4.99 Å². The maximum Gasteiger partial charge on any atom is 0.164 e. The lowest BCUT2D eigenvalue weighted by molar-refractivity contribution is -0.120. The molecule has 3 heteroatoms. The Bertz CT molecular complexity index is 759. The molecule has 25 heavy (non-hydrogen) atoms. The summed E-state index contributed by atoms with van der Waals surface area (Å²) < 4.78 is 0. The summed E-state index contributed by atoms with van der Waals surface area (Å²) in [5, 5.41) is 3.47. The first-order valence-electron chi connectivity index (χ1n) is 9.32. The number of allylic oxidation sites excluding steroid dienone is 3. The molecule has 1 aromatic carbocycles. The van der Waals surface area contributed by atoms with Crippen molar-refractivity contribution >= 4 is 12.5 Å². The molecule has 0 amide bonds. The number of aliphatic imine (C=N–C) groups is 1. The highest BCUT2D eigenvalue weighted by Gasteiger charge is 2.49.